The summed E-state index contributed by atoms with van der Waals surface area (Å²) < 4.78 is 0. The number of likely N-dealkylation sites (tertiary alicyclic amines) is 1. The highest BCUT2D eigenvalue weighted by Crippen LogP contribution is 2.22. The molecule has 0 unspecified atom stereocenters. The summed E-state index contributed by atoms with van der Waals surface area (Å²) in [6.07, 6.45) is 3.15. The van der Waals surface area contributed by atoms with Crippen LogP contribution in [0.15, 0.2) is 24.3 Å². The average Bonchev–Trinajstić information content (AvgIpc) is 2.75. The summed E-state index contributed by atoms with van der Waals surface area (Å²) in [6, 6.07) is 8.04. The number of rotatable bonds is 7. The third-order valence-corrected chi connectivity index (χ3v) is 6.43. The van der Waals surface area contributed by atoms with Crippen LogP contribution in [0, 0.1) is 5.92 Å². The molecule has 2 heterocycles. The Kier molecular flexibility index (Phi) is 8.07. The van der Waals surface area contributed by atoms with Crippen LogP contribution < -0.4 is 5.32 Å². The SMILES string of the molecule is CCN1CCN(CCNC(=O)c2ccc(CC3CCN(C(C)=O)CC3)cc2)CC1. The van der Waals surface area contributed by atoms with E-state index in [1.165, 1.54) is 5.56 Å². The Labute approximate surface area is 175 Å². The zero-order valence-electron chi connectivity index (χ0n) is 18.0. The average molecular weight is 401 g/mol. The van der Waals surface area contributed by atoms with E-state index in [-0.39, 0.29) is 11.8 Å². The van der Waals surface area contributed by atoms with Crippen molar-refractivity contribution in [3.8, 4) is 0 Å². The second-order valence-corrected chi connectivity index (χ2v) is 8.38. The molecule has 2 fully saturated rings. The third-order valence-electron chi connectivity index (χ3n) is 6.43. The van der Waals surface area contributed by atoms with Crippen LogP contribution in [0.4, 0.5) is 0 Å². The van der Waals surface area contributed by atoms with Crippen LogP contribution in [-0.2, 0) is 11.2 Å². The molecule has 0 aliphatic carbocycles. The number of nitrogens with zero attached hydrogens (tertiary/aromatic N) is 3. The lowest BCUT2D eigenvalue weighted by molar-refractivity contribution is -0.130. The first-order valence-corrected chi connectivity index (χ1v) is 11.1. The Morgan fingerprint density at radius 1 is 0.966 bits per heavy atom. The van der Waals surface area contributed by atoms with E-state index in [9.17, 15) is 9.59 Å². The lowest BCUT2D eigenvalue weighted by Gasteiger charge is -2.33. The molecular weight excluding hydrogens is 364 g/mol. The maximum Gasteiger partial charge on any atom is 0.251 e. The predicted octanol–water partition coefficient (Wildman–Crippen LogP) is 1.85. The molecule has 0 radical (unpaired) electrons. The van der Waals surface area contributed by atoms with Crippen LogP contribution in [0.1, 0.15) is 42.6 Å². The summed E-state index contributed by atoms with van der Waals surface area (Å²) in [6.45, 7) is 12.8. The summed E-state index contributed by atoms with van der Waals surface area (Å²) in [5.41, 5.74) is 2.01. The topological polar surface area (TPSA) is 55.9 Å². The molecule has 0 saturated carbocycles. The fourth-order valence-electron chi connectivity index (χ4n) is 4.34. The Balaban J connectivity index is 1.37. The van der Waals surface area contributed by atoms with E-state index in [1.807, 2.05) is 17.0 Å². The van der Waals surface area contributed by atoms with Crippen molar-refractivity contribution < 1.29 is 9.59 Å². The summed E-state index contributed by atoms with van der Waals surface area (Å²) in [5.74, 6) is 0.819. The van der Waals surface area contributed by atoms with Gasteiger partial charge in [0.05, 0.1) is 0 Å². The number of nitrogens with one attached hydrogen (secondary N) is 1. The minimum atomic E-state index is 0.0125. The van der Waals surface area contributed by atoms with Crippen LogP contribution in [0.2, 0.25) is 0 Å². The zero-order valence-corrected chi connectivity index (χ0v) is 18.0. The van der Waals surface area contributed by atoms with Crippen LogP contribution in [0.5, 0.6) is 0 Å². The summed E-state index contributed by atoms with van der Waals surface area (Å²) in [7, 11) is 0. The fourth-order valence-corrected chi connectivity index (χ4v) is 4.34. The lowest BCUT2D eigenvalue weighted by Crippen LogP contribution is -2.48. The number of amides is 2. The maximum atomic E-state index is 12.4. The highest BCUT2D eigenvalue weighted by molar-refractivity contribution is 5.94. The van der Waals surface area contributed by atoms with Crippen molar-refractivity contribution >= 4 is 11.8 Å². The molecule has 6 nitrogen and oxygen atoms in total. The normalized spacial score (nSPS) is 19.3. The van der Waals surface area contributed by atoms with Gasteiger partial charge < -0.3 is 15.1 Å². The van der Waals surface area contributed by atoms with Crippen molar-refractivity contribution in [3.05, 3.63) is 35.4 Å². The summed E-state index contributed by atoms with van der Waals surface area (Å²) in [4.78, 5) is 30.7. The molecule has 29 heavy (non-hydrogen) atoms. The number of piperazine rings is 1. The van der Waals surface area contributed by atoms with Gasteiger partial charge in [0, 0.05) is 64.8 Å². The van der Waals surface area contributed by atoms with Gasteiger partial charge in [0.1, 0.15) is 0 Å². The van der Waals surface area contributed by atoms with E-state index in [1.54, 1.807) is 6.92 Å². The zero-order chi connectivity index (χ0) is 20.6. The standard InChI is InChI=1S/C23H36N4O2/c1-3-25-14-16-26(17-15-25)13-10-24-23(29)22-6-4-20(5-7-22)18-21-8-11-27(12-9-21)19(2)28/h4-7,21H,3,8-18H2,1-2H3,(H,24,29). The minimum absolute atomic E-state index is 0.0125. The van der Waals surface area contributed by atoms with E-state index in [2.05, 4.69) is 34.2 Å². The van der Waals surface area contributed by atoms with Crippen molar-refractivity contribution in [1.82, 2.24) is 20.0 Å². The number of piperidine rings is 1. The Bertz CT molecular complexity index is 660. The molecule has 0 spiro atoms. The first kappa shape index (κ1) is 21.8. The van der Waals surface area contributed by atoms with Gasteiger partial charge in [0.25, 0.3) is 5.91 Å². The fraction of sp³-hybridized carbons (Fsp3) is 0.652. The second kappa shape index (κ2) is 10.7. The van der Waals surface area contributed by atoms with Crippen molar-refractivity contribution in [2.75, 3.05) is 58.9 Å². The smallest absolute Gasteiger partial charge is 0.251 e. The van der Waals surface area contributed by atoms with Crippen LogP contribution in [0.25, 0.3) is 0 Å². The number of carbonyl (C=O) groups is 2. The van der Waals surface area contributed by atoms with Gasteiger partial charge in [0.15, 0.2) is 0 Å². The first-order valence-electron chi connectivity index (χ1n) is 11.1. The van der Waals surface area contributed by atoms with E-state index in [4.69, 9.17) is 0 Å². The number of benzene rings is 1. The van der Waals surface area contributed by atoms with Crippen molar-refractivity contribution in [2.45, 2.75) is 33.1 Å². The number of hydrogen-bond acceptors (Lipinski definition) is 4. The van der Waals surface area contributed by atoms with Gasteiger partial charge >= 0.3 is 0 Å². The van der Waals surface area contributed by atoms with Crippen LogP contribution in [0.3, 0.4) is 0 Å². The van der Waals surface area contributed by atoms with Crippen molar-refractivity contribution in [1.29, 1.82) is 0 Å². The number of carbonyl (C=O) groups excluding carboxylic acids is 2. The largest absolute Gasteiger partial charge is 0.351 e. The second-order valence-electron chi connectivity index (χ2n) is 8.38. The molecule has 160 valence electrons. The molecular formula is C23H36N4O2. The van der Waals surface area contributed by atoms with E-state index in [0.717, 1.165) is 77.2 Å². The quantitative estimate of drug-likeness (QED) is 0.759. The highest BCUT2D eigenvalue weighted by Gasteiger charge is 2.21. The predicted molar refractivity (Wildman–Crippen MR) is 116 cm³/mol. The third kappa shape index (κ3) is 6.54. The summed E-state index contributed by atoms with van der Waals surface area (Å²) >= 11 is 0. The van der Waals surface area contributed by atoms with Gasteiger partial charge in [-0.3, -0.25) is 14.5 Å². The monoisotopic (exact) mass is 400 g/mol. The molecule has 2 saturated heterocycles. The lowest BCUT2D eigenvalue weighted by atomic mass is 9.90. The number of hydrogen-bond donors (Lipinski definition) is 1. The molecule has 2 amide bonds. The molecule has 3 rings (SSSR count). The molecule has 1 aromatic carbocycles. The Hall–Kier alpha value is -1.92. The van der Waals surface area contributed by atoms with Crippen LogP contribution >= 0.6 is 0 Å². The first-order chi connectivity index (χ1) is 14.0. The van der Waals surface area contributed by atoms with Gasteiger partial charge in [0.2, 0.25) is 5.91 Å². The molecule has 0 bridgehead atoms. The minimum Gasteiger partial charge on any atom is -0.351 e. The van der Waals surface area contributed by atoms with E-state index in [0.29, 0.717) is 12.5 Å². The Morgan fingerprint density at radius 2 is 1.59 bits per heavy atom. The molecule has 2 aliphatic heterocycles. The van der Waals surface area contributed by atoms with E-state index < -0.39 is 0 Å². The molecule has 2 aliphatic rings. The summed E-state index contributed by atoms with van der Waals surface area (Å²) in [5, 5.41) is 3.06. The highest BCUT2D eigenvalue weighted by atomic mass is 16.2. The van der Waals surface area contributed by atoms with Gasteiger partial charge in [-0.05, 0) is 49.4 Å². The molecule has 0 aromatic heterocycles. The van der Waals surface area contributed by atoms with Crippen molar-refractivity contribution in [2.24, 2.45) is 5.92 Å². The molecule has 6 heteroatoms. The van der Waals surface area contributed by atoms with Gasteiger partial charge in [-0.1, -0.05) is 19.1 Å². The van der Waals surface area contributed by atoms with Gasteiger partial charge in [-0.25, -0.2) is 0 Å². The maximum absolute atomic E-state index is 12.4. The van der Waals surface area contributed by atoms with Gasteiger partial charge in [-0.15, -0.1) is 0 Å². The number of likely N-dealkylation sites (N-methyl/N-ethyl adjacent to an activating group) is 1. The molecule has 1 N–H and O–H groups in total. The van der Waals surface area contributed by atoms with E-state index >= 15 is 0 Å². The molecule has 0 atom stereocenters. The van der Waals surface area contributed by atoms with Gasteiger partial charge in [-0.2, -0.15) is 0 Å². The van der Waals surface area contributed by atoms with Crippen LogP contribution in [-0.4, -0.2) is 85.4 Å². The molecule has 1 aromatic rings. The van der Waals surface area contributed by atoms with Crippen molar-refractivity contribution in [3.63, 3.8) is 0 Å². The Morgan fingerprint density at radius 3 is 2.17 bits per heavy atom.